The number of hydrogen-bond donors (Lipinski definition) is 1. The maximum absolute atomic E-state index is 13.3. The number of carbonyl (C=O) groups is 2. The summed E-state index contributed by atoms with van der Waals surface area (Å²) in [6.45, 7) is 4.69. The van der Waals surface area contributed by atoms with Crippen LogP contribution >= 0.6 is 0 Å². The van der Waals surface area contributed by atoms with Crippen molar-refractivity contribution in [2.45, 2.75) is 20.3 Å². The summed E-state index contributed by atoms with van der Waals surface area (Å²) in [6.07, 6.45) is 0.904. The van der Waals surface area contributed by atoms with E-state index in [1.54, 1.807) is 42.3 Å². The molecule has 6 nitrogen and oxygen atoms in total. The van der Waals surface area contributed by atoms with Crippen LogP contribution in [0.5, 0.6) is 5.75 Å². The van der Waals surface area contributed by atoms with E-state index < -0.39 is 5.91 Å². The van der Waals surface area contributed by atoms with Gasteiger partial charge in [0.15, 0.2) is 0 Å². The first-order chi connectivity index (χ1) is 14.0. The SMILES string of the molecule is CCCOc1ccc(C2=C(N(C)CCO)C(=O)N(c3cccc(C)c3)C2=O)cc1. The Morgan fingerprint density at radius 3 is 2.41 bits per heavy atom. The minimum Gasteiger partial charge on any atom is -0.494 e. The first kappa shape index (κ1) is 20.6. The zero-order valence-corrected chi connectivity index (χ0v) is 17.0. The van der Waals surface area contributed by atoms with Gasteiger partial charge in [0.25, 0.3) is 11.8 Å². The van der Waals surface area contributed by atoms with E-state index in [4.69, 9.17) is 4.74 Å². The highest BCUT2D eigenvalue weighted by Gasteiger charge is 2.41. The van der Waals surface area contributed by atoms with Gasteiger partial charge in [-0.25, -0.2) is 4.90 Å². The lowest BCUT2D eigenvalue weighted by atomic mass is 10.0. The number of aryl methyl sites for hydroxylation is 1. The Hall–Kier alpha value is -3.12. The van der Waals surface area contributed by atoms with Gasteiger partial charge in [0.2, 0.25) is 0 Å². The molecule has 0 spiro atoms. The summed E-state index contributed by atoms with van der Waals surface area (Å²) in [5.41, 5.74) is 2.75. The Labute approximate surface area is 171 Å². The van der Waals surface area contributed by atoms with E-state index >= 15 is 0 Å². The number of carbonyl (C=O) groups excluding carboxylic acids is 2. The summed E-state index contributed by atoms with van der Waals surface area (Å²) in [5.74, 6) is -0.0470. The van der Waals surface area contributed by atoms with Crippen LogP contribution in [0.2, 0.25) is 0 Å². The minimum absolute atomic E-state index is 0.122. The highest BCUT2D eigenvalue weighted by Crippen LogP contribution is 2.35. The highest BCUT2D eigenvalue weighted by molar-refractivity contribution is 6.45. The number of hydrogen-bond acceptors (Lipinski definition) is 5. The number of nitrogens with zero attached hydrogens (tertiary/aromatic N) is 2. The van der Waals surface area contributed by atoms with E-state index in [0.29, 0.717) is 29.2 Å². The van der Waals surface area contributed by atoms with Crippen molar-refractivity contribution in [3.8, 4) is 5.75 Å². The van der Waals surface area contributed by atoms with Gasteiger partial charge in [-0.2, -0.15) is 0 Å². The van der Waals surface area contributed by atoms with Crippen molar-refractivity contribution in [2.24, 2.45) is 0 Å². The number of likely N-dealkylation sites (N-methyl/N-ethyl adjacent to an activating group) is 1. The fraction of sp³-hybridized carbons (Fsp3) is 0.304. The van der Waals surface area contributed by atoms with Crippen molar-refractivity contribution in [3.63, 3.8) is 0 Å². The fourth-order valence-electron chi connectivity index (χ4n) is 3.33. The standard InChI is InChI=1S/C23H26N2O4/c1-4-14-29-19-10-8-17(9-11-19)20-21(24(3)12-13-26)23(28)25(22(20)27)18-7-5-6-16(2)15-18/h5-11,15,26H,4,12-14H2,1-3H3. The number of amides is 2. The van der Waals surface area contributed by atoms with Crippen LogP contribution in [0, 0.1) is 6.92 Å². The third-order valence-corrected chi connectivity index (χ3v) is 4.75. The molecule has 0 atom stereocenters. The number of anilines is 1. The summed E-state index contributed by atoms with van der Waals surface area (Å²) in [6, 6.07) is 14.5. The lowest BCUT2D eigenvalue weighted by Gasteiger charge is -2.20. The van der Waals surface area contributed by atoms with Gasteiger partial charge in [-0.05, 0) is 48.7 Å². The monoisotopic (exact) mass is 394 g/mol. The van der Waals surface area contributed by atoms with Crippen LogP contribution in [-0.4, -0.2) is 48.6 Å². The molecule has 152 valence electrons. The molecule has 1 aliphatic heterocycles. The number of ether oxygens (including phenoxy) is 1. The summed E-state index contributed by atoms with van der Waals surface area (Å²) in [7, 11) is 1.70. The van der Waals surface area contributed by atoms with E-state index in [2.05, 4.69) is 0 Å². The molecule has 1 heterocycles. The van der Waals surface area contributed by atoms with E-state index in [1.165, 1.54) is 4.90 Å². The number of benzene rings is 2. The molecule has 1 N–H and O–H groups in total. The Bertz CT molecular complexity index is 934. The highest BCUT2D eigenvalue weighted by atomic mass is 16.5. The Morgan fingerprint density at radius 2 is 1.79 bits per heavy atom. The van der Waals surface area contributed by atoms with Gasteiger partial charge in [0, 0.05) is 13.6 Å². The van der Waals surface area contributed by atoms with Crippen LogP contribution in [0.15, 0.2) is 54.2 Å². The summed E-state index contributed by atoms with van der Waals surface area (Å²) in [4.78, 5) is 29.4. The first-order valence-electron chi connectivity index (χ1n) is 9.72. The molecule has 2 amide bonds. The molecule has 0 radical (unpaired) electrons. The minimum atomic E-state index is -0.391. The average Bonchev–Trinajstić information content (AvgIpc) is 2.97. The second-order valence-electron chi connectivity index (χ2n) is 7.03. The molecule has 29 heavy (non-hydrogen) atoms. The quantitative estimate of drug-likeness (QED) is 0.697. The molecule has 2 aromatic rings. The molecule has 0 aromatic heterocycles. The number of aliphatic hydroxyl groups is 1. The second kappa shape index (κ2) is 8.92. The molecule has 3 rings (SSSR count). The molecule has 0 saturated carbocycles. The molecule has 2 aromatic carbocycles. The normalized spacial score (nSPS) is 14.0. The van der Waals surface area contributed by atoms with Gasteiger partial charge >= 0.3 is 0 Å². The van der Waals surface area contributed by atoms with Crippen LogP contribution in [0.4, 0.5) is 5.69 Å². The zero-order valence-electron chi connectivity index (χ0n) is 17.0. The van der Waals surface area contributed by atoms with Gasteiger partial charge in [-0.1, -0.05) is 31.2 Å². The smallest absolute Gasteiger partial charge is 0.282 e. The summed E-state index contributed by atoms with van der Waals surface area (Å²) < 4.78 is 5.62. The van der Waals surface area contributed by atoms with Crippen LogP contribution in [0.3, 0.4) is 0 Å². The number of aliphatic hydroxyl groups excluding tert-OH is 1. The fourth-order valence-corrected chi connectivity index (χ4v) is 3.33. The molecular formula is C23H26N2O4. The largest absolute Gasteiger partial charge is 0.494 e. The number of imide groups is 1. The maximum Gasteiger partial charge on any atom is 0.282 e. The molecule has 0 saturated heterocycles. The zero-order chi connectivity index (χ0) is 21.0. The van der Waals surface area contributed by atoms with Crippen molar-refractivity contribution in [1.82, 2.24) is 4.90 Å². The van der Waals surface area contributed by atoms with Gasteiger partial charge in [-0.3, -0.25) is 9.59 Å². The Balaban J connectivity index is 2.04. The third kappa shape index (κ3) is 4.17. The van der Waals surface area contributed by atoms with Crippen LogP contribution in [0.25, 0.3) is 5.57 Å². The molecular weight excluding hydrogens is 368 g/mol. The van der Waals surface area contributed by atoms with Crippen molar-refractivity contribution in [3.05, 3.63) is 65.4 Å². The van der Waals surface area contributed by atoms with E-state index in [0.717, 1.165) is 12.0 Å². The molecule has 0 fully saturated rings. The van der Waals surface area contributed by atoms with Crippen molar-refractivity contribution in [1.29, 1.82) is 0 Å². The van der Waals surface area contributed by atoms with Crippen molar-refractivity contribution >= 4 is 23.1 Å². The van der Waals surface area contributed by atoms with Crippen LogP contribution in [0.1, 0.15) is 24.5 Å². The molecule has 0 bridgehead atoms. The third-order valence-electron chi connectivity index (χ3n) is 4.75. The van der Waals surface area contributed by atoms with Gasteiger partial charge in [0.1, 0.15) is 11.4 Å². The Morgan fingerprint density at radius 1 is 1.07 bits per heavy atom. The first-order valence-corrected chi connectivity index (χ1v) is 9.72. The predicted molar refractivity (Wildman–Crippen MR) is 113 cm³/mol. The van der Waals surface area contributed by atoms with Gasteiger partial charge in [-0.15, -0.1) is 0 Å². The van der Waals surface area contributed by atoms with E-state index in [1.807, 2.05) is 32.0 Å². The van der Waals surface area contributed by atoms with E-state index in [9.17, 15) is 14.7 Å². The lowest BCUT2D eigenvalue weighted by molar-refractivity contribution is -0.120. The second-order valence-corrected chi connectivity index (χ2v) is 7.03. The van der Waals surface area contributed by atoms with Crippen molar-refractivity contribution < 1.29 is 19.4 Å². The van der Waals surface area contributed by atoms with Crippen LogP contribution in [-0.2, 0) is 9.59 Å². The molecule has 0 unspecified atom stereocenters. The summed E-state index contributed by atoms with van der Waals surface area (Å²) in [5, 5.41) is 9.35. The van der Waals surface area contributed by atoms with Gasteiger partial charge < -0.3 is 14.7 Å². The molecule has 6 heteroatoms. The van der Waals surface area contributed by atoms with Gasteiger partial charge in [0.05, 0.1) is 24.5 Å². The van der Waals surface area contributed by atoms with Crippen LogP contribution < -0.4 is 9.64 Å². The Kier molecular flexibility index (Phi) is 6.34. The molecule has 0 aliphatic carbocycles. The maximum atomic E-state index is 13.3. The molecule has 1 aliphatic rings. The topological polar surface area (TPSA) is 70.1 Å². The van der Waals surface area contributed by atoms with Crippen molar-refractivity contribution in [2.75, 3.05) is 31.7 Å². The average molecular weight is 394 g/mol. The summed E-state index contributed by atoms with van der Waals surface area (Å²) >= 11 is 0. The number of rotatable bonds is 8. The lowest BCUT2D eigenvalue weighted by Crippen LogP contribution is -2.34. The van der Waals surface area contributed by atoms with E-state index in [-0.39, 0.29) is 24.8 Å². The predicted octanol–water partition coefficient (Wildman–Crippen LogP) is 2.99.